The highest BCUT2D eigenvalue weighted by atomic mass is 35.5. The fraction of sp³-hybridized carbons (Fsp3) is 0.385. The predicted octanol–water partition coefficient (Wildman–Crippen LogP) is 2.12. The van der Waals surface area contributed by atoms with Gasteiger partial charge in [-0.1, -0.05) is 29.8 Å². The van der Waals surface area contributed by atoms with Gasteiger partial charge in [0.05, 0.1) is 12.8 Å². The van der Waals surface area contributed by atoms with Crippen LogP contribution < -0.4 is 0 Å². The van der Waals surface area contributed by atoms with E-state index in [9.17, 15) is 9.59 Å². The van der Waals surface area contributed by atoms with E-state index in [1.54, 1.807) is 13.1 Å². The second-order valence-electron chi connectivity index (χ2n) is 4.18. The van der Waals surface area contributed by atoms with Gasteiger partial charge in [0.25, 0.3) is 0 Å². The van der Waals surface area contributed by atoms with Crippen LogP contribution in [0.15, 0.2) is 18.2 Å². The molecular formula is C13H16ClNO3. The molecule has 0 aliphatic carbocycles. The zero-order chi connectivity index (χ0) is 13.7. The van der Waals surface area contributed by atoms with Crippen LogP contribution >= 0.6 is 11.6 Å². The Labute approximate surface area is 111 Å². The molecule has 98 valence electrons. The third-order valence-corrected chi connectivity index (χ3v) is 3.24. The molecule has 0 saturated carbocycles. The summed E-state index contributed by atoms with van der Waals surface area (Å²) >= 11 is 6.10. The lowest BCUT2D eigenvalue weighted by molar-refractivity contribution is -0.138. The number of amides is 1. The average Bonchev–Trinajstić information content (AvgIpc) is 2.31. The number of rotatable bonds is 5. The third kappa shape index (κ3) is 4.04. The Morgan fingerprint density at radius 1 is 1.39 bits per heavy atom. The molecule has 1 N–H and O–H groups in total. The number of nitrogens with zero attached hydrogens (tertiary/aromatic N) is 1. The molecule has 1 aromatic carbocycles. The Hall–Kier alpha value is -1.55. The quantitative estimate of drug-likeness (QED) is 0.891. The molecule has 4 nitrogen and oxygen atoms in total. The molecule has 1 aromatic rings. The monoisotopic (exact) mass is 269 g/mol. The summed E-state index contributed by atoms with van der Waals surface area (Å²) in [6.45, 7) is 2.09. The van der Waals surface area contributed by atoms with E-state index in [1.165, 1.54) is 4.90 Å². The number of likely N-dealkylation sites (N-methyl/N-ethyl adjacent to an activating group) is 1. The molecule has 0 aliphatic heterocycles. The molecule has 5 heteroatoms. The maximum absolute atomic E-state index is 11.9. The molecule has 0 unspecified atom stereocenters. The van der Waals surface area contributed by atoms with Gasteiger partial charge in [0.1, 0.15) is 0 Å². The minimum Gasteiger partial charge on any atom is -0.481 e. The number of carboxylic acid groups (broad SMARTS) is 1. The molecule has 0 bridgehead atoms. The summed E-state index contributed by atoms with van der Waals surface area (Å²) in [5, 5.41) is 9.15. The minimum absolute atomic E-state index is 0.0518. The van der Waals surface area contributed by atoms with Gasteiger partial charge in [-0.05, 0) is 18.1 Å². The van der Waals surface area contributed by atoms with Crippen molar-refractivity contribution in [1.82, 2.24) is 4.90 Å². The van der Waals surface area contributed by atoms with Crippen LogP contribution in [0.25, 0.3) is 0 Å². The molecule has 0 fully saturated rings. The molecule has 18 heavy (non-hydrogen) atoms. The first-order chi connectivity index (χ1) is 8.41. The Kier molecular flexibility index (Phi) is 5.16. The number of hydrogen-bond acceptors (Lipinski definition) is 2. The van der Waals surface area contributed by atoms with Gasteiger partial charge in [-0.15, -0.1) is 0 Å². The highest BCUT2D eigenvalue weighted by Gasteiger charge is 2.13. The summed E-state index contributed by atoms with van der Waals surface area (Å²) in [5.41, 5.74) is 1.69. The Morgan fingerprint density at radius 2 is 2.06 bits per heavy atom. The van der Waals surface area contributed by atoms with Crippen molar-refractivity contribution >= 4 is 23.5 Å². The number of carbonyl (C=O) groups is 2. The van der Waals surface area contributed by atoms with Crippen molar-refractivity contribution in [1.29, 1.82) is 0 Å². The van der Waals surface area contributed by atoms with Crippen molar-refractivity contribution < 1.29 is 14.7 Å². The molecule has 0 aromatic heterocycles. The van der Waals surface area contributed by atoms with E-state index in [4.69, 9.17) is 16.7 Å². The number of aryl methyl sites for hydroxylation is 1. The number of benzene rings is 1. The molecule has 0 radical (unpaired) electrons. The minimum atomic E-state index is -0.914. The van der Waals surface area contributed by atoms with Crippen molar-refractivity contribution in [2.24, 2.45) is 0 Å². The fourth-order valence-electron chi connectivity index (χ4n) is 1.53. The predicted molar refractivity (Wildman–Crippen MR) is 69.8 cm³/mol. The third-order valence-electron chi connectivity index (χ3n) is 2.70. The molecule has 1 amide bonds. The fourth-order valence-corrected chi connectivity index (χ4v) is 1.72. The number of halogens is 1. The van der Waals surface area contributed by atoms with Gasteiger partial charge in [-0.2, -0.15) is 0 Å². The van der Waals surface area contributed by atoms with E-state index in [2.05, 4.69) is 0 Å². The molecule has 1 rings (SSSR count). The zero-order valence-electron chi connectivity index (χ0n) is 10.4. The highest BCUT2D eigenvalue weighted by Crippen LogP contribution is 2.21. The lowest BCUT2D eigenvalue weighted by atomic mass is 10.1. The van der Waals surface area contributed by atoms with Crippen LogP contribution in [0.2, 0.25) is 5.02 Å². The summed E-state index contributed by atoms with van der Waals surface area (Å²) in [4.78, 5) is 23.7. The summed E-state index contributed by atoms with van der Waals surface area (Å²) in [6.07, 6.45) is 0.139. The SMILES string of the molecule is Cc1cccc(CC(=O)N(C)CCC(=O)O)c1Cl. The van der Waals surface area contributed by atoms with E-state index >= 15 is 0 Å². The normalized spacial score (nSPS) is 10.2. The second-order valence-corrected chi connectivity index (χ2v) is 4.56. The van der Waals surface area contributed by atoms with E-state index in [0.717, 1.165) is 11.1 Å². The molecule has 0 saturated heterocycles. The van der Waals surface area contributed by atoms with Gasteiger partial charge in [0.2, 0.25) is 5.91 Å². The number of carbonyl (C=O) groups excluding carboxylic acids is 1. The van der Waals surface area contributed by atoms with E-state index in [-0.39, 0.29) is 25.3 Å². The summed E-state index contributed by atoms with van der Waals surface area (Å²) in [6, 6.07) is 5.53. The van der Waals surface area contributed by atoms with E-state index in [0.29, 0.717) is 5.02 Å². The molecule has 0 spiro atoms. The van der Waals surface area contributed by atoms with Crippen molar-refractivity contribution in [3.05, 3.63) is 34.3 Å². The zero-order valence-corrected chi connectivity index (χ0v) is 11.2. The lowest BCUT2D eigenvalue weighted by Crippen LogP contribution is -2.30. The van der Waals surface area contributed by atoms with Gasteiger partial charge in [0, 0.05) is 18.6 Å². The van der Waals surface area contributed by atoms with Crippen LogP contribution in [-0.2, 0) is 16.0 Å². The largest absolute Gasteiger partial charge is 0.481 e. The Bertz CT molecular complexity index is 460. The Morgan fingerprint density at radius 3 is 2.67 bits per heavy atom. The van der Waals surface area contributed by atoms with Gasteiger partial charge in [0.15, 0.2) is 0 Å². The smallest absolute Gasteiger partial charge is 0.305 e. The van der Waals surface area contributed by atoms with Gasteiger partial charge < -0.3 is 10.0 Å². The number of hydrogen-bond donors (Lipinski definition) is 1. The first-order valence-corrected chi connectivity index (χ1v) is 5.99. The maximum Gasteiger partial charge on any atom is 0.305 e. The second kappa shape index (κ2) is 6.40. The van der Waals surface area contributed by atoms with Crippen LogP contribution in [0.5, 0.6) is 0 Å². The summed E-state index contributed by atoms with van der Waals surface area (Å²) < 4.78 is 0. The topological polar surface area (TPSA) is 57.6 Å². The average molecular weight is 270 g/mol. The number of aliphatic carboxylic acids is 1. The van der Waals surface area contributed by atoms with Gasteiger partial charge in [-0.25, -0.2) is 0 Å². The lowest BCUT2D eigenvalue weighted by Gasteiger charge is -2.16. The van der Waals surface area contributed by atoms with Crippen LogP contribution in [0.1, 0.15) is 17.5 Å². The van der Waals surface area contributed by atoms with Crippen molar-refractivity contribution in [3.8, 4) is 0 Å². The van der Waals surface area contributed by atoms with Crippen LogP contribution in [0.3, 0.4) is 0 Å². The van der Waals surface area contributed by atoms with Crippen LogP contribution in [-0.4, -0.2) is 35.5 Å². The molecule has 0 atom stereocenters. The van der Waals surface area contributed by atoms with Crippen molar-refractivity contribution in [2.75, 3.05) is 13.6 Å². The number of carboxylic acids is 1. The van der Waals surface area contributed by atoms with Crippen LogP contribution in [0.4, 0.5) is 0 Å². The van der Waals surface area contributed by atoms with Crippen LogP contribution in [0, 0.1) is 6.92 Å². The highest BCUT2D eigenvalue weighted by molar-refractivity contribution is 6.32. The standard InChI is InChI=1S/C13H16ClNO3/c1-9-4-3-5-10(13(9)14)8-11(16)15(2)7-6-12(17)18/h3-5H,6-8H2,1-2H3,(H,17,18). The van der Waals surface area contributed by atoms with Gasteiger partial charge in [-0.3, -0.25) is 9.59 Å². The molecule has 0 aliphatic rings. The van der Waals surface area contributed by atoms with E-state index in [1.807, 2.05) is 19.1 Å². The Balaban J connectivity index is 2.64. The summed E-state index contributed by atoms with van der Waals surface area (Å²) in [7, 11) is 1.59. The first-order valence-electron chi connectivity index (χ1n) is 5.61. The van der Waals surface area contributed by atoms with E-state index < -0.39 is 5.97 Å². The van der Waals surface area contributed by atoms with Gasteiger partial charge >= 0.3 is 5.97 Å². The summed E-state index contributed by atoms with van der Waals surface area (Å²) in [5.74, 6) is -1.05. The molecule has 0 heterocycles. The van der Waals surface area contributed by atoms with Crippen molar-refractivity contribution in [3.63, 3.8) is 0 Å². The first kappa shape index (κ1) is 14.5. The van der Waals surface area contributed by atoms with Crippen molar-refractivity contribution in [2.45, 2.75) is 19.8 Å². The molecular weight excluding hydrogens is 254 g/mol. The maximum atomic E-state index is 11.9.